The molecule has 0 spiro atoms. The van der Waals surface area contributed by atoms with Crippen molar-refractivity contribution in [3.63, 3.8) is 0 Å². The zero-order chi connectivity index (χ0) is 15.2. The number of nitrogens with one attached hydrogen (secondary N) is 2. The maximum absolute atomic E-state index is 11.8. The van der Waals surface area contributed by atoms with Crippen LogP contribution in [0.4, 0.5) is 0 Å². The van der Waals surface area contributed by atoms with Gasteiger partial charge in [-0.1, -0.05) is 6.07 Å². The molecule has 5 nitrogen and oxygen atoms in total. The number of rotatable bonds is 6. The minimum Gasteiger partial charge on any atom is -0.486 e. The summed E-state index contributed by atoms with van der Waals surface area (Å²) in [4.78, 5) is 11.8. The maximum atomic E-state index is 11.8. The Bertz CT molecular complexity index is 513. The highest BCUT2D eigenvalue weighted by atomic mass is 16.6. The molecule has 1 amide bonds. The lowest BCUT2D eigenvalue weighted by molar-refractivity contribution is -0.121. The Morgan fingerprint density at radius 3 is 2.95 bits per heavy atom. The second-order valence-electron chi connectivity index (χ2n) is 5.98. The summed E-state index contributed by atoms with van der Waals surface area (Å²) in [5.41, 5.74) is 1.16. The molecule has 0 aliphatic carbocycles. The molecule has 2 heterocycles. The van der Waals surface area contributed by atoms with Crippen LogP contribution in [0.3, 0.4) is 0 Å². The van der Waals surface area contributed by atoms with E-state index >= 15 is 0 Å². The quantitative estimate of drug-likeness (QED) is 0.836. The summed E-state index contributed by atoms with van der Waals surface area (Å²) in [5.74, 6) is 2.45. The third kappa shape index (κ3) is 4.13. The lowest BCUT2D eigenvalue weighted by Crippen LogP contribution is -2.26. The van der Waals surface area contributed by atoms with Gasteiger partial charge in [-0.25, -0.2) is 0 Å². The van der Waals surface area contributed by atoms with Crippen LogP contribution in [0, 0.1) is 5.92 Å². The minimum absolute atomic E-state index is 0.157. The summed E-state index contributed by atoms with van der Waals surface area (Å²) < 4.78 is 11.1. The Morgan fingerprint density at radius 2 is 2.14 bits per heavy atom. The van der Waals surface area contributed by atoms with Crippen molar-refractivity contribution in [3.05, 3.63) is 23.8 Å². The molecule has 1 saturated heterocycles. The molecule has 2 aliphatic heterocycles. The van der Waals surface area contributed by atoms with Gasteiger partial charge in [0.05, 0.1) is 0 Å². The van der Waals surface area contributed by atoms with E-state index < -0.39 is 0 Å². The lowest BCUT2D eigenvalue weighted by Gasteiger charge is -2.18. The summed E-state index contributed by atoms with van der Waals surface area (Å²) >= 11 is 0. The van der Waals surface area contributed by atoms with Gasteiger partial charge in [0.25, 0.3) is 0 Å². The van der Waals surface area contributed by atoms with Gasteiger partial charge < -0.3 is 20.1 Å². The van der Waals surface area contributed by atoms with E-state index in [0.717, 1.165) is 43.0 Å². The summed E-state index contributed by atoms with van der Waals surface area (Å²) in [7, 11) is 0. The highest BCUT2D eigenvalue weighted by molar-refractivity contribution is 5.75. The fraction of sp³-hybridized carbons (Fsp3) is 0.588. The van der Waals surface area contributed by atoms with E-state index in [1.807, 2.05) is 18.2 Å². The largest absolute Gasteiger partial charge is 0.486 e. The first kappa shape index (κ1) is 15.2. The highest BCUT2D eigenvalue weighted by Gasteiger charge is 2.15. The number of amides is 1. The molecule has 3 rings (SSSR count). The van der Waals surface area contributed by atoms with Crippen LogP contribution in [0.15, 0.2) is 18.2 Å². The number of ether oxygens (including phenoxy) is 2. The normalized spacial score (nSPS) is 19.9. The molecule has 0 radical (unpaired) electrons. The summed E-state index contributed by atoms with van der Waals surface area (Å²) in [5, 5.41) is 6.34. The smallest absolute Gasteiger partial charge is 0.220 e. The SMILES string of the molecule is O=C(CCC1CCNC1)NCCc1ccc2c(c1)OCCO2. The van der Waals surface area contributed by atoms with Gasteiger partial charge in [-0.05, 0) is 56.0 Å². The fourth-order valence-electron chi connectivity index (χ4n) is 2.97. The van der Waals surface area contributed by atoms with Crippen LogP contribution in [-0.2, 0) is 11.2 Å². The van der Waals surface area contributed by atoms with Crippen molar-refractivity contribution in [1.82, 2.24) is 10.6 Å². The van der Waals surface area contributed by atoms with E-state index in [4.69, 9.17) is 9.47 Å². The van der Waals surface area contributed by atoms with Gasteiger partial charge in [0.1, 0.15) is 13.2 Å². The first-order valence-corrected chi connectivity index (χ1v) is 8.17. The lowest BCUT2D eigenvalue weighted by atomic mass is 10.0. The Balaban J connectivity index is 1.38. The van der Waals surface area contributed by atoms with E-state index in [2.05, 4.69) is 10.6 Å². The topological polar surface area (TPSA) is 59.6 Å². The Morgan fingerprint density at radius 1 is 1.27 bits per heavy atom. The van der Waals surface area contributed by atoms with Crippen LogP contribution in [0.25, 0.3) is 0 Å². The molecule has 2 N–H and O–H groups in total. The van der Waals surface area contributed by atoms with Gasteiger partial charge in [-0.3, -0.25) is 4.79 Å². The second-order valence-corrected chi connectivity index (χ2v) is 5.98. The Labute approximate surface area is 131 Å². The van der Waals surface area contributed by atoms with Crippen molar-refractivity contribution >= 4 is 5.91 Å². The van der Waals surface area contributed by atoms with Crippen molar-refractivity contribution in [2.45, 2.75) is 25.7 Å². The van der Waals surface area contributed by atoms with Gasteiger partial charge >= 0.3 is 0 Å². The molecule has 1 unspecified atom stereocenters. The van der Waals surface area contributed by atoms with Gasteiger partial charge in [0.2, 0.25) is 5.91 Å². The highest BCUT2D eigenvalue weighted by Crippen LogP contribution is 2.30. The molecular formula is C17H24N2O3. The molecular weight excluding hydrogens is 280 g/mol. The van der Waals surface area contributed by atoms with Crippen molar-refractivity contribution in [2.24, 2.45) is 5.92 Å². The summed E-state index contributed by atoms with van der Waals surface area (Å²) in [6.07, 6.45) is 3.63. The van der Waals surface area contributed by atoms with Crippen LogP contribution in [0.2, 0.25) is 0 Å². The average molecular weight is 304 g/mol. The van der Waals surface area contributed by atoms with Crippen molar-refractivity contribution < 1.29 is 14.3 Å². The van der Waals surface area contributed by atoms with E-state index in [1.54, 1.807) is 0 Å². The zero-order valence-corrected chi connectivity index (χ0v) is 12.9. The van der Waals surface area contributed by atoms with Crippen molar-refractivity contribution in [3.8, 4) is 11.5 Å². The maximum Gasteiger partial charge on any atom is 0.220 e. The van der Waals surface area contributed by atoms with Crippen LogP contribution in [-0.4, -0.2) is 38.8 Å². The Kier molecular flexibility index (Phi) is 5.16. The molecule has 22 heavy (non-hydrogen) atoms. The van der Waals surface area contributed by atoms with Crippen molar-refractivity contribution in [2.75, 3.05) is 32.8 Å². The van der Waals surface area contributed by atoms with E-state index in [0.29, 0.717) is 32.1 Å². The third-order valence-electron chi connectivity index (χ3n) is 4.28. The summed E-state index contributed by atoms with van der Waals surface area (Å²) in [6.45, 7) is 4.03. The third-order valence-corrected chi connectivity index (χ3v) is 4.28. The van der Waals surface area contributed by atoms with Crippen LogP contribution >= 0.6 is 0 Å². The molecule has 1 aromatic rings. The fourth-order valence-corrected chi connectivity index (χ4v) is 2.97. The molecule has 0 aromatic heterocycles. The number of fused-ring (bicyclic) bond motifs is 1. The van der Waals surface area contributed by atoms with Gasteiger partial charge in [-0.15, -0.1) is 0 Å². The van der Waals surface area contributed by atoms with E-state index in [-0.39, 0.29) is 5.91 Å². The van der Waals surface area contributed by atoms with Crippen LogP contribution < -0.4 is 20.1 Å². The van der Waals surface area contributed by atoms with Gasteiger partial charge in [0, 0.05) is 13.0 Å². The van der Waals surface area contributed by atoms with E-state index in [1.165, 1.54) is 6.42 Å². The number of carbonyl (C=O) groups is 1. The predicted octanol–water partition coefficient (Wildman–Crippen LogP) is 1.51. The van der Waals surface area contributed by atoms with Gasteiger partial charge in [-0.2, -0.15) is 0 Å². The first-order valence-electron chi connectivity index (χ1n) is 8.17. The van der Waals surface area contributed by atoms with Crippen LogP contribution in [0.5, 0.6) is 11.5 Å². The molecule has 2 aliphatic rings. The average Bonchev–Trinajstić information content (AvgIpc) is 3.06. The number of carbonyl (C=O) groups excluding carboxylic acids is 1. The zero-order valence-electron chi connectivity index (χ0n) is 12.9. The molecule has 5 heteroatoms. The molecule has 0 saturated carbocycles. The molecule has 120 valence electrons. The second kappa shape index (κ2) is 7.49. The van der Waals surface area contributed by atoms with Gasteiger partial charge in [0.15, 0.2) is 11.5 Å². The first-order chi connectivity index (χ1) is 10.8. The molecule has 1 aromatic carbocycles. The molecule has 0 bridgehead atoms. The van der Waals surface area contributed by atoms with E-state index in [9.17, 15) is 4.79 Å². The predicted molar refractivity (Wildman–Crippen MR) is 84.4 cm³/mol. The number of benzene rings is 1. The minimum atomic E-state index is 0.157. The number of hydrogen-bond donors (Lipinski definition) is 2. The van der Waals surface area contributed by atoms with Crippen LogP contribution in [0.1, 0.15) is 24.8 Å². The summed E-state index contributed by atoms with van der Waals surface area (Å²) in [6, 6.07) is 5.98. The molecule has 1 atom stereocenters. The standard InChI is InChI=1S/C17H24N2O3/c20-17(4-2-14-5-7-18-12-14)19-8-6-13-1-3-15-16(11-13)22-10-9-21-15/h1,3,11,14,18H,2,4-10,12H2,(H,19,20). The Hall–Kier alpha value is -1.75. The monoisotopic (exact) mass is 304 g/mol. The number of hydrogen-bond acceptors (Lipinski definition) is 4. The van der Waals surface area contributed by atoms with Crippen molar-refractivity contribution in [1.29, 1.82) is 0 Å². The molecule has 1 fully saturated rings.